The molecule has 1 saturated heterocycles. The Labute approximate surface area is 175 Å². The maximum Gasteiger partial charge on any atom is 0.313 e. The molecular weight excluding hydrogens is 384 g/mol. The van der Waals surface area contributed by atoms with E-state index in [1.165, 1.54) is 0 Å². The van der Waals surface area contributed by atoms with Crippen LogP contribution in [-0.2, 0) is 20.9 Å². The largest absolute Gasteiger partial charge is 0.377 e. The van der Waals surface area contributed by atoms with Crippen molar-refractivity contribution in [2.24, 2.45) is 5.73 Å². The number of carbonyl (C=O) groups excluding carboxylic acids is 3. The van der Waals surface area contributed by atoms with E-state index in [0.29, 0.717) is 50.6 Å². The van der Waals surface area contributed by atoms with Crippen molar-refractivity contribution in [1.29, 1.82) is 0 Å². The first-order chi connectivity index (χ1) is 14.5. The lowest BCUT2D eigenvalue weighted by Gasteiger charge is -2.35. The van der Waals surface area contributed by atoms with Crippen molar-refractivity contribution in [3.63, 3.8) is 0 Å². The summed E-state index contributed by atoms with van der Waals surface area (Å²) < 4.78 is 5.37. The van der Waals surface area contributed by atoms with Gasteiger partial charge in [-0.15, -0.1) is 0 Å². The van der Waals surface area contributed by atoms with Gasteiger partial charge in [0.05, 0.1) is 6.61 Å². The standard InChI is InChI=1S/C22H26N4O4/c1-2-30-15-16-4-3-5-18(14-16)24-21(28)22(29)26-12-10-25(11-13-26)19-8-6-17(7-9-19)20(23)27/h3-9,14H,2,10-13,15H2,1H3,(H2,23,27)(H,24,28). The van der Waals surface area contributed by atoms with Crippen molar-refractivity contribution in [2.45, 2.75) is 13.5 Å². The molecule has 0 unspecified atom stereocenters. The summed E-state index contributed by atoms with van der Waals surface area (Å²) in [4.78, 5) is 39.8. The van der Waals surface area contributed by atoms with Gasteiger partial charge >= 0.3 is 11.8 Å². The number of nitrogens with two attached hydrogens (primary N) is 1. The summed E-state index contributed by atoms with van der Waals surface area (Å²) in [6.45, 7) is 5.05. The average Bonchev–Trinajstić information content (AvgIpc) is 2.77. The molecule has 0 atom stereocenters. The first-order valence-corrected chi connectivity index (χ1v) is 9.89. The fourth-order valence-electron chi connectivity index (χ4n) is 3.29. The lowest BCUT2D eigenvalue weighted by Crippen LogP contribution is -2.51. The van der Waals surface area contributed by atoms with E-state index in [9.17, 15) is 14.4 Å². The van der Waals surface area contributed by atoms with Gasteiger partial charge in [0.15, 0.2) is 0 Å². The second-order valence-electron chi connectivity index (χ2n) is 6.98. The van der Waals surface area contributed by atoms with Gasteiger partial charge in [0.2, 0.25) is 5.91 Å². The third kappa shape index (κ3) is 5.36. The van der Waals surface area contributed by atoms with Crippen LogP contribution in [0.2, 0.25) is 0 Å². The molecule has 2 aromatic rings. The monoisotopic (exact) mass is 410 g/mol. The van der Waals surface area contributed by atoms with Crippen molar-refractivity contribution in [1.82, 2.24) is 4.90 Å². The second kappa shape index (κ2) is 9.89. The fraction of sp³-hybridized carbons (Fsp3) is 0.318. The van der Waals surface area contributed by atoms with Gasteiger partial charge < -0.3 is 25.6 Å². The van der Waals surface area contributed by atoms with Crippen LogP contribution in [0.3, 0.4) is 0 Å². The molecule has 1 fully saturated rings. The quantitative estimate of drug-likeness (QED) is 0.704. The highest BCUT2D eigenvalue weighted by Crippen LogP contribution is 2.18. The average molecular weight is 410 g/mol. The van der Waals surface area contributed by atoms with E-state index in [0.717, 1.165) is 11.3 Å². The number of piperazine rings is 1. The molecule has 8 heteroatoms. The van der Waals surface area contributed by atoms with Crippen LogP contribution in [0.5, 0.6) is 0 Å². The zero-order valence-electron chi connectivity index (χ0n) is 17.0. The molecule has 0 bridgehead atoms. The van der Waals surface area contributed by atoms with E-state index in [4.69, 9.17) is 10.5 Å². The Hall–Kier alpha value is -3.39. The van der Waals surface area contributed by atoms with Gasteiger partial charge in [-0.05, 0) is 48.9 Å². The molecule has 0 saturated carbocycles. The third-order valence-corrected chi connectivity index (χ3v) is 4.94. The number of hydrogen-bond acceptors (Lipinski definition) is 5. The molecule has 1 aliphatic heterocycles. The lowest BCUT2D eigenvalue weighted by molar-refractivity contribution is -0.143. The van der Waals surface area contributed by atoms with E-state index in [-0.39, 0.29) is 0 Å². The highest BCUT2D eigenvalue weighted by atomic mass is 16.5. The van der Waals surface area contributed by atoms with Crippen LogP contribution in [0.25, 0.3) is 0 Å². The zero-order chi connectivity index (χ0) is 21.5. The molecule has 3 N–H and O–H groups in total. The van der Waals surface area contributed by atoms with E-state index in [2.05, 4.69) is 10.2 Å². The van der Waals surface area contributed by atoms with Crippen LogP contribution >= 0.6 is 0 Å². The van der Waals surface area contributed by atoms with Gasteiger partial charge in [-0.1, -0.05) is 12.1 Å². The maximum atomic E-state index is 12.5. The number of nitrogens with zero attached hydrogens (tertiary/aromatic N) is 2. The lowest BCUT2D eigenvalue weighted by atomic mass is 10.1. The maximum absolute atomic E-state index is 12.5. The van der Waals surface area contributed by atoms with Gasteiger partial charge in [-0.3, -0.25) is 14.4 Å². The van der Waals surface area contributed by atoms with Crippen molar-refractivity contribution >= 4 is 29.1 Å². The highest BCUT2D eigenvalue weighted by Gasteiger charge is 2.26. The Balaban J connectivity index is 1.53. The zero-order valence-corrected chi connectivity index (χ0v) is 17.0. The molecule has 0 aromatic heterocycles. The van der Waals surface area contributed by atoms with E-state index < -0.39 is 17.7 Å². The number of rotatable bonds is 6. The summed E-state index contributed by atoms with van der Waals surface area (Å²) in [7, 11) is 0. The van der Waals surface area contributed by atoms with E-state index in [1.807, 2.05) is 31.2 Å². The molecule has 2 aromatic carbocycles. The van der Waals surface area contributed by atoms with Crippen LogP contribution in [0, 0.1) is 0 Å². The number of primary amides is 1. The first kappa shape index (κ1) is 21.3. The minimum absolute atomic E-state index is 0.439. The predicted molar refractivity (Wildman–Crippen MR) is 114 cm³/mol. The Bertz CT molecular complexity index is 906. The summed E-state index contributed by atoms with van der Waals surface area (Å²) in [6.07, 6.45) is 0. The van der Waals surface area contributed by atoms with Gasteiger partial charge in [-0.25, -0.2) is 0 Å². The summed E-state index contributed by atoms with van der Waals surface area (Å²) in [5.41, 5.74) is 8.16. The van der Waals surface area contributed by atoms with Gasteiger partial charge in [0.1, 0.15) is 0 Å². The number of benzene rings is 2. The van der Waals surface area contributed by atoms with Crippen LogP contribution in [0.4, 0.5) is 11.4 Å². The Morgan fingerprint density at radius 1 is 1.03 bits per heavy atom. The van der Waals surface area contributed by atoms with Gasteiger partial charge in [0, 0.05) is 49.7 Å². The fourth-order valence-corrected chi connectivity index (χ4v) is 3.29. The number of hydrogen-bond donors (Lipinski definition) is 2. The minimum Gasteiger partial charge on any atom is -0.377 e. The number of nitrogens with one attached hydrogen (secondary N) is 1. The second-order valence-corrected chi connectivity index (χ2v) is 6.98. The van der Waals surface area contributed by atoms with Crippen molar-refractivity contribution in [3.05, 3.63) is 59.7 Å². The summed E-state index contributed by atoms with van der Waals surface area (Å²) in [5.74, 6) is -1.66. The van der Waals surface area contributed by atoms with Gasteiger partial charge in [0.25, 0.3) is 0 Å². The van der Waals surface area contributed by atoms with Crippen LogP contribution < -0.4 is 16.0 Å². The number of amides is 3. The molecule has 0 spiro atoms. The molecule has 1 aliphatic rings. The number of anilines is 2. The Kier molecular flexibility index (Phi) is 7.03. The summed E-state index contributed by atoms with van der Waals surface area (Å²) in [6, 6.07) is 14.3. The molecule has 3 amide bonds. The molecule has 30 heavy (non-hydrogen) atoms. The Morgan fingerprint density at radius 2 is 1.73 bits per heavy atom. The Morgan fingerprint density at radius 3 is 2.37 bits per heavy atom. The molecule has 8 nitrogen and oxygen atoms in total. The van der Waals surface area contributed by atoms with E-state index >= 15 is 0 Å². The minimum atomic E-state index is -0.650. The van der Waals surface area contributed by atoms with Crippen LogP contribution in [0.1, 0.15) is 22.8 Å². The topological polar surface area (TPSA) is 105 Å². The van der Waals surface area contributed by atoms with Crippen LogP contribution in [0.15, 0.2) is 48.5 Å². The molecule has 3 rings (SSSR count). The van der Waals surface area contributed by atoms with Crippen molar-refractivity contribution < 1.29 is 19.1 Å². The predicted octanol–water partition coefficient (Wildman–Crippen LogP) is 1.61. The SMILES string of the molecule is CCOCc1cccc(NC(=O)C(=O)N2CCN(c3ccc(C(N)=O)cc3)CC2)c1. The normalized spacial score (nSPS) is 13.8. The first-order valence-electron chi connectivity index (χ1n) is 9.89. The number of carbonyl (C=O) groups is 3. The molecular formula is C22H26N4O4. The molecule has 0 aliphatic carbocycles. The van der Waals surface area contributed by atoms with Crippen molar-refractivity contribution in [2.75, 3.05) is 43.0 Å². The van der Waals surface area contributed by atoms with Crippen LogP contribution in [-0.4, -0.2) is 55.4 Å². The highest BCUT2D eigenvalue weighted by molar-refractivity contribution is 6.39. The van der Waals surface area contributed by atoms with Crippen molar-refractivity contribution in [3.8, 4) is 0 Å². The molecule has 1 heterocycles. The molecule has 0 radical (unpaired) electrons. The summed E-state index contributed by atoms with van der Waals surface area (Å²) >= 11 is 0. The smallest absolute Gasteiger partial charge is 0.313 e. The molecule has 158 valence electrons. The van der Waals surface area contributed by atoms with E-state index in [1.54, 1.807) is 29.2 Å². The number of ether oxygens (including phenoxy) is 1. The summed E-state index contributed by atoms with van der Waals surface area (Å²) in [5, 5.41) is 2.67. The third-order valence-electron chi connectivity index (χ3n) is 4.94. The van der Waals surface area contributed by atoms with Gasteiger partial charge in [-0.2, -0.15) is 0 Å².